The molecule has 1 atom stereocenters. The lowest BCUT2D eigenvalue weighted by atomic mass is 10.2. The van der Waals surface area contributed by atoms with Gasteiger partial charge in [-0.1, -0.05) is 18.2 Å². The van der Waals surface area contributed by atoms with Crippen molar-refractivity contribution in [3.63, 3.8) is 0 Å². The van der Waals surface area contributed by atoms with Crippen LogP contribution in [0.3, 0.4) is 0 Å². The molecule has 0 aromatic heterocycles. The van der Waals surface area contributed by atoms with Gasteiger partial charge in [-0.05, 0) is 19.1 Å². The zero-order valence-electron chi connectivity index (χ0n) is 8.66. The molecule has 0 saturated heterocycles. The summed E-state index contributed by atoms with van der Waals surface area (Å²) in [6.45, 7) is 1.01. The van der Waals surface area contributed by atoms with Gasteiger partial charge in [0, 0.05) is 0 Å². The summed E-state index contributed by atoms with van der Waals surface area (Å²) in [5, 5.41) is 8.57. The fourth-order valence-electron chi connectivity index (χ4n) is 0.918. The first kappa shape index (κ1) is 12.7. The van der Waals surface area contributed by atoms with Crippen LogP contribution in [-0.2, 0) is 19.1 Å². The molecule has 16 heavy (non-hydrogen) atoms. The summed E-state index contributed by atoms with van der Waals surface area (Å²) in [7, 11) is -3.85. The molecule has 5 nitrogen and oxygen atoms in total. The molecular weight excluding hydrogens is 232 g/mol. The van der Waals surface area contributed by atoms with Crippen LogP contribution in [-0.4, -0.2) is 26.1 Å². The van der Waals surface area contributed by atoms with Crippen molar-refractivity contribution in [2.75, 3.05) is 6.61 Å². The van der Waals surface area contributed by atoms with E-state index in [1.807, 2.05) is 0 Å². The van der Waals surface area contributed by atoms with Gasteiger partial charge in [0.15, 0.2) is 0 Å². The van der Waals surface area contributed by atoms with Crippen molar-refractivity contribution in [2.24, 2.45) is 5.92 Å². The van der Waals surface area contributed by atoms with E-state index in [-0.39, 0.29) is 11.5 Å². The first-order valence-corrected chi connectivity index (χ1v) is 6.01. The third kappa shape index (κ3) is 3.32. The van der Waals surface area contributed by atoms with Crippen LogP contribution in [0, 0.1) is 5.92 Å². The first-order chi connectivity index (χ1) is 7.43. The summed E-state index contributed by atoms with van der Waals surface area (Å²) in [6, 6.07) is 7.59. The van der Waals surface area contributed by atoms with Crippen molar-refractivity contribution in [3.05, 3.63) is 30.3 Å². The minimum atomic E-state index is -3.85. The Morgan fingerprint density at radius 1 is 1.38 bits per heavy atom. The molecule has 1 unspecified atom stereocenters. The van der Waals surface area contributed by atoms with Gasteiger partial charge in [0.1, 0.15) is 0 Å². The highest BCUT2D eigenvalue weighted by Crippen LogP contribution is 2.12. The first-order valence-electron chi connectivity index (χ1n) is 4.61. The molecule has 0 bridgehead atoms. The number of carbonyl (C=O) groups is 1. The van der Waals surface area contributed by atoms with Gasteiger partial charge >= 0.3 is 5.97 Å². The predicted octanol–water partition coefficient (Wildman–Crippen LogP) is 1.11. The van der Waals surface area contributed by atoms with Crippen molar-refractivity contribution < 1.29 is 22.5 Å². The molecule has 0 amide bonds. The van der Waals surface area contributed by atoms with Crippen molar-refractivity contribution in [1.82, 2.24) is 0 Å². The largest absolute Gasteiger partial charge is 0.481 e. The quantitative estimate of drug-likeness (QED) is 0.785. The highest BCUT2D eigenvalue weighted by molar-refractivity contribution is 7.86. The average Bonchev–Trinajstić information content (AvgIpc) is 2.27. The number of hydrogen-bond acceptors (Lipinski definition) is 4. The fraction of sp³-hybridized carbons (Fsp3) is 0.300. The van der Waals surface area contributed by atoms with Crippen LogP contribution >= 0.6 is 0 Å². The summed E-state index contributed by atoms with van der Waals surface area (Å²) < 4.78 is 27.7. The molecule has 1 N–H and O–H groups in total. The van der Waals surface area contributed by atoms with E-state index in [0.717, 1.165) is 0 Å². The SMILES string of the molecule is CC(COS(=O)(=O)c1ccccc1)C(=O)O. The zero-order chi connectivity index (χ0) is 12.2. The predicted molar refractivity (Wildman–Crippen MR) is 56.4 cm³/mol. The molecule has 0 spiro atoms. The molecule has 1 rings (SSSR count). The molecule has 6 heteroatoms. The molecule has 1 aromatic carbocycles. The van der Waals surface area contributed by atoms with Gasteiger partial charge in [-0.15, -0.1) is 0 Å². The van der Waals surface area contributed by atoms with E-state index in [9.17, 15) is 13.2 Å². The number of benzene rings is 1. The molecule has 0 aliphatic rings. The number of carboxylic acids is 1. The number of carboxylic acid groups (broad SMARTS) is 1. The Kier molecular flexibility index (Phi) is 4.03. The molecular formula is C10H12O5S. The average molecular weight is 244 g/mol. The lowest BCUT2D eigenvalue weighted by molar-refractivity contribution is -0.141. The van der Waals surface area contributed by atoms with Crippen LogP contribution in [0.1, 0.15) is 6.92 Å². The highest BCUT2D eigenvalue weighted by Gasteiger charge is 2.19. The third-order valence-corrected chi connectivity index (χ3v) is 3.22. The van der Waals surface area contributed by atoms with E-state index in [1.165, 1.54) is 19.1 Å². The van der Waals surface area contributed by atoms with Crippen molar-refractivity contribution in [1.29, 1.82) is 0 Å². The standard InChI is InChI=1S/C10H12O5S/c1-8(10(11)12)7-15-16(13,14)9-5-3-2-4-6-9/h2-6,8H,7H2,1H3,(H,11,12). The molecule has 0 aliphatic carbocycles. The molecule has 88 valence electrons. The summed E-state index contributed by atoms with van der Waals surface area (Å²) in [4.78, 5) is 10.5. The fourth-order valence-corrected chi connectivity index (χ4v) is 1.93. The number of rotatable bonds is 5. The lowest BCUT2D eigenvalue weighted by Crippen LogP contribution is -2.19. The minimum Gasteiger partial charge on any atom is -0.481 e. The smallest absolute Gasteiger partial charge is 0.308 e. The molecule has 0 radical (unpaired) electrons. The third-order valence-electron chi connectivity index (χ3n) is 1.93. The zero-order valence-corrected chi connectivity index (χ0v) is 9.48. The van der Waals surface area contributed by atoms with Gasteiger partial charge in [0.25, 0.3) is 10.1 Å². The summed E-state index contributed by atoms with van der Waals surface area (Å²) >= 11 is 0. The van der Waals surface area contributed by atoms with Crippen molar-refractivity contribution in [2.45, 2.75) is 11.8 Å². The van der Waals surface area contributed by atoms with Crippen LogP contribution in [0.15, 0.2) is 35.2 Å². The van der Waals surface area contributed by atoms with E-state index < -0.39 is 22.0 Å². The summed E-state index contributed by atoms with van der Waals surface area (Å²) in [6.07, 6.45) is 0. The molecule has 0 fully saturated rings. The summed E-state index contributed by atoms with van der Waals surface area (Å²) in [5.74, 6) is -1.96. The topological polar surface area (TPSA) is 80.7 Å². The molecule has 0 aliphatic heterocycles. The Bertz CT molecular complexity index is 451. The second-order valence-electron chi connectivity index (χ2n) is 3.29. The van der Waals surface area contributed by atoms with Crippen molar-refractivity contribution in [3.8, 4) is 0 Å². The normalized spacial score (nSPS) is 13.3. The van der Waals surface area contributed by atoms with E-state index in [4.69, 9.17) is 5.11 Å². The highest BCUT2D eigenvalue weighted by atomic mass is 32.2. The van der Waals surface area contributed by atoms with Crippen LogP contribution in [0.5, 0.6) is 0 Å². The maximum Gasteiger partial charge on any atom is 0.308 e. The van der Waals surface area contributed by atoms with Crippen molar-refractivity contribution >= 4 is 16.1 Å². The van der Waals surface area contributed by atoms with Crippen LogP contribution in [0.25, 0.3) is 0 Å². The lowest BCUT2D eigenvalue weighted by Gasteiger charge is -2.07. The van der Waals surface area contributed by atoms with Gasteiger partial charge in [0.2, 0.25) is 0 Å². The number of aliphatic carboxylic acids is 1. The monoisotopic (exact) mass is 244 g/mol. The van der Waals surface area contributed by atoms with Crippen LogP contribution in [0.4, 0.5) is 0 Å². The number of hydrogen-bond donors (Lipinski definition) is 1. The Morgan fingerprint density at radius 3 is 2.44 bits per heavy atom. The van der Waals surface area contributed by atoms with Gasteiger partial charge in [0.05, 0.1) is 17.4 Å². The molecule has 0 saturated carbocycles. The van der Waals surface area contributed by atoms with Gasteiger partial charge < -0.3 is 5.11 Å². The van der Waals surface area contributed by atoms with Gasteiger partial charge in [-0.2, -0.15) is 8.42 Å². The Morgan fingerprint density at radius 2 is 1.94 bits per heavy atom. The Hall–Kier alpha value is -1.40. The minimum absolute atomic E-state index is 0.0209. The van der Waals surface area contributed by atoms with E-state index in [2.05, 4.69) is 4.18 Å². The van der Waals surface area contributed by atoms with Gasteiger partial charge in [-0.25, -0.2) is 0 Å². The second kappa shape index (κ2) is 5.09. The maximum absolute atomic E-state index is 11.5. The van der Waals surface area contributed by atoms with E-state index >= 15 is 0 Å². The summed E-state index contributed by atoms with van der Waals surface area (Å²) in [5.41, 5.74) is 0. The van der Waals surface area contributed by atoms with Gasteiger partial charge in [-0.3, -0.25) is 8.98 Å². The Balaban J connectivity index is 2.71. The molecule has 1 aromatic rings. The maximum atomic E-state index is 11.5. The second-order valence-corrected chi connectivity index (χ2v) is 4.91. The van der Waals surface area contributed by atoms with Crippen LogP contribution in [0.2, 0.25) is 0 Å². The Labute approximate surface area is 93.8 Å². The van der Waals surface area contributed by atoms with Crippen LogP contribution < -0.4 is 0 Å². The molecule has 0 heterocycles. The van der Waals surface area contributed by atoms with E-state index in [0.29, 0.717) is 0 Å². The van der Waals surface area contributed by atoms with E-state index in [1.54, 1.807) is 18.2 Å².